The van der Waals surface area contributed by atoms with E-state index >= 15 is 0 Å². The number of alkyl halides is 3. The van der Waals surface area contributed by atoms with Crippen molar-refractivity contribution in [2.75, 3.05) is 70.3 Å². The molecule has 4 N–H and O–H groups in total. The Morgan fingerprint density at radius 1 is 0.898 bits per heavy atom. The summed E-state index contributed by atoms with van der Waals surface area (Å²) in [6, 6.07) is 7.84. The number of rotatable bonds is 8. The SMILES string of the molecule is CC1CCC(C(=O)NC2CCC(CN3CCN(CC4CCN(c5cccc(C6CCC(=O)NC6=O)c5)CC4)CC3)C(C(F)(F)F)C2)CC1C#CC1CNC2CCCNN12. The van der Waals surface area contributed by atoms with Gasteiger partial charge in [-0.3, -0.25) is 30.4 Å². The van der Waals surface area contributed by atoms with Gasteiger partial charge in [0, 0.05) is 95.4 Å². The molecule has 14 heteroatoms. The van der Waals surface area contributed by atoms with E-state index in [9.17, 15) is 27.6 Å². The summed E-state index contributed by atoms with van der Waals surface area (Å²) in [6.45, 7) is 10.6. The topological polar surface area (TPSA) is 112 Å². The summed E-state index contributed by atoms with van der Waals surface area (Å²) in [7, 11) is 0. The van der Waals surface area contributed by atoms with Crippen LogP contribution in [-0.4, -0.2) is 122 Å². The molecule has 59 heavy (non-hydrogen) atoms. The standard InChI is InChI=1S/C45H65F3N8O3/c1-30-7-8-34(24-32(30)10-12-38-27-49-41-6-3-17-50-56(38)41)43(58)51-36-11-9-35(40(26-36)45(46,47)48)29-54-22-20-53(21-23-54)28-31-15-18-55(19-16-31)37-5-2-4-33(25-37)39-13-14-42(57)52-44(39)59/h2,4-5,25,30-32,34-36,38-41,49-50H,3,6-9,11,13-24,26-29H2,1H3,(H,51,58)(H,52,57,59). The first kappa shape index (κ1) is 42.5. The van der Waals surface area contributed by atoms with E-state index in [4.69, 9.17) is 0 Å². The van der Waals surface area contributed by atoms with Crippen LogP contribution in [0.3, 0.4) is 0 Å². The van der Waals surface area contributed by atoms with Gasteiger partial charge in [0.05, 0.1) is 24.0 Å². The van der Waals surface area contributed by atoms with Crippen molar-refractivity contribution in [3.05, 3.63) is 29.8 Å². The number of nitrogens with zero attached hydrogens (tertiary/aromatic N) is 4. The molecule has 9 unspecified atom stereocenters. The molecule has 5 aliphatic heterocycles. The minimum Gasteiger partial charge on any atom is -0.372 e. The van der Waals surface area contributed by atoms with Gasteiger partial charge in [0.15, 0.2) is 0 Å². The van der Waals surface area contributed by atoms with Crippen LogP contribution < -0.4 is 26.3 Å². The highest BCUT2D eigenvalue weighted by molar-refractivity contribution is 6.01. The van der Waals surface area contributed by atoms with Gasteiger partial charge in [0.1, 0.15) is 0 Å². The normalized spacial score (nSPS) is 34.4. The Bertz CT molecular complexity index is 1700. The zero-order valence-electron chi connectivity index (χ0n) is 34.8. The average molecular weight is 823 g/mol. The van der Waals surface area contributed by atoms with Crippen LogP contribution in [0.4, 0.5) is 18.9 Å². The smallest absolute Gasteiger partial charge is 0.372 e. The van der Waals surface area contributed by atoms with Gasteiger partial charge in [-0.05, 0) is 106 Å². The molecule has 1 aromatic carbocycles. The van der Waals surface area contributed by atoms with Crippen molar-refractivity contribution in [1.82, 2.24) is 36.2 Å². The van der Waals surface area contributed by atoms with Gasteiger partial charge in [-0.1, -0.05) is 30.9 Å². The van der Waals surface area contributed by atoms with Crippen molar-refractivity contribution >= 4 is 23.4 Å². The van der Waals surface area contributed by atoms with Gasteiger partial charge >= 0.3 is 6.18 Å². The third-order valence-corrected chi connectivity index (χ3v) is 14.9. The van der Waals surface area contributed by atoms with E-state index in [0.29, 0.717) is 56.7 Å². The van der Waals surface area contributed by atoms with Crippen LogP contribution in [0.2, 0.25) is 0 Å². The number of hydrogen-bond donors (Lipinski definition) is 4. The first-order chi connectivity index (χ1) is 28.5. The molecule has 0 bridgehead atoms. The summed E-state index contributed by atoms with van der Waals surface area (Å²) in [6.07, 6.45) is 4.69. The van der Waals surface area contributed by atoms with Gasteiger partial charge in [-0.25, -0.2) is 5.01 Å². The molecule has 5 heterocycles. The van der Waals surface area contributed by atoms with Crippen molar-refractivity contribution in [3.63, 3.8) is 0 Å². The van der Waals surface area contributed by atoms with Gasteiger partial charge in [0.25, 0.3) is 0 Å². The highest BCUT2D eigenvalue weighted by Crippen LogP contribution is 2.43. The van der Waals surface area contributed by atoms with Gasteiger partial charge in [-0.2, -0.15) is 13.2 Å². The van der Waals surface area contributed by atoms with Crippen molar-refractivity contribution in [2.45, 2.75) is 114 Å². The predicted octanol–water partition coefficient (Wildman–Crippen LogP) is 4.46. The average Bonchev–Trinajstić information content (AvgIpc) is 3.65. The van der Waals surface area contributed by atoms with Crippen LogP contribution in [0.25, 0.3) is 0 Å². The molecule has 11 nitrogen and oxygen atoms in total. The molecule has 1 aromatic rings. The molecule has 9 atom stereocenters. The maximum absolute atomic E-state index is 14.6. The number of piperidine rings is 2. The van der Waals surface area contributed by atoms with E-state index in [0.717, 1.165) is 109 Å². The number of hydrazine groups is 1. The van der Waals surface area contributed by atoms with Crippen molar-refractivity contribution in [3.8, 4) is 11.8 Å². The third-order valence-electron chi connectivity index (χ3n) is 14.9. The molecule has 0 spiro atoms. The number of imide groups is 1. The molecular weight excluding hydrogens is 758 g/mol. The highest BCUT2D eigenvalue weighted by Gasteiger charge is 2.48. The van der Waals surface area contributed by atoms with Crippen LogP contribution in [0.1, 0.15) is 95.5 Å². The summed E-state index contributed by atoms with van der Waals surface area (Å²) in [4.78, 5) is 44.8. The maximum Gasteiger partial charge on any atom is 0.392 e. The lowest BCUT2D eigenvalue weighted by Gasteiger charge is -2.43. The fraction of sp³-hybridized carbons (Fsp3) is 0.756. The van der Waals surface area contributed by atoms with E-state index in [1.807, 2.05) is 12.1 Å². The first-order valence-electron chi connectivity index (χ1n) is 22.7. The zero-order chi connectivity index (χ0) is 41.1. The minimum atomic E-state index is -4.30. The van der Waals surface area contributed by atoms with Gasteiger partial charge in [0.2, 0.25) is 17.7 Å². The van der Waals surface area contributed by atoms with E-state index in [-0.39, 0.29) is 47.9 Å². The molecule has 7 aliphatic rings. The second-order valence-electron chi connectivity index (χ2n) is 18.8. The Morgan fingerprint density at radius 2 is 1.68 bits per heavy atom. The van der Waals surface area contributed by atoms with Crippen LogP contribution in [0.15, 0.2) is 24.3 Å². The Hall–Kier alpha value is -3.22. The van der Waals surface area contributed by atoms with Crippen LogP contribution in [0, 0.1) is 47.3 Å². The van der Waals surface area contributed by atoms with Gasteiger partial charge in [-0.15, -0.1) is 0 Å². The number of carbonyl (C=O) groups is 3. The molecule has 324 valence electrons. The number of anilines is 1. The molecule has 7 fully saturated rings. The summed E-state index contributed by atoms with van der Waals surface area (Å²) in [5.74, 6) is 5.22. The minimum absolute atomic E-state index is 0.0369. The number of hydrogen-bond acceptors (Lipinski definition) is 9. The van der Waals surface area contributed by atoms with E-state index in [1.54, 1.807) is 0 Å². The maximum atomic E-state index is 14.6. The molecule has 3 amide bonds. The van der Waals surface area contributed by atoms with Crippen molar-refractivity contribution < 1.29 is 27.6 Å². The Labute approximate surface area is 348 Å². The van der Waals surface area contributed by atoms with E-state index in [1.165, 1.54) is 0 Å². The number of fused-ring (bicyclic) bond motifs is 1. The third kappa shape index (κ3) is 10.5. The number of nitrogens with one attached hydrogen (secondary N) is 4. The number of benzene rings is 1. The zero-order valence-corrected chi connectivity index (χ0v) is 34.8. The number of amides is 3. The molecular formula is C45H65F3N8O3. The second kappa shape index (κ2) is 18.8. The monoisotopic (exact) mass is 823 g/mol. The van der Waals surface area contributed by atoms with E-state index in [2.05, 4.69) is 72.0 Å². The lowest BCUT2D eigenvalue weighted by Crippen LogP contribution is -2.53. The van der Waals surface area contributed by atoms with Crippen LogP contribution in [0.5, 0.6) is 0 Å². The van der Waals surface area contributed by atoms with Crippen molar-refractivity contribution in [1.29, 1.82) is 0 Å². The second-order valence-corrected chi connectivity index (χ2v) is 18.8. The molecule has 8 rings (SSSR count). The van der Waals surface area contributed by atoms with Gasteiger partial charge < -0.3 is 20.0 Å². The fourth-order valence-corrected chi connectivity index (χ4v) is 11.2. The van der Waals surface area contributed by atoms with Crippen LogP contribution >= 0.6 is 0 Å². The number of piperazine rings is 1. The van der Waals surface area contributed by atoms with Crippen LogP contribution in [-0.2, 0) is 14.4 Å². The summed E-state index contributed by atoms with van der Waals surface area (Å²) in [5.41, 5.74) is 5.55. The lowest BCUT2D eigenvalue weighted by atomic mass is 9.73. The molecule has 5 saturated heterocycles. The molecule has 0 radical (unpaired) electrons. The Morgan fingerprint density at radius 3 is 2.44 bits per heavy atom. The molecule has 0 aromatic heterocycles. The predicted molar refractivity (Wildman–Crippen MR) is 221 cm³/mol. The highest BCUT2D eigenvalue weighted by atomic mass is 19.4. The Kier molecular flexibility index (Phi) is 13.5. The first-order valence-corrected chi connectivity index (χ1v) is 22.7. The lowest BCUT2D eigenvalue weighted by molar-refractivity contribution is -0.200. The number of halogens is 3. The van der Waals surface area contributed by atoms with E-state index < -0.39 is 24.1 Å². The number of carbonyl (C=O) groups excluding carboxylic acids is 3. The quantitative estimate of drug-likeness (QED) is 0.223. The molecule has 2 saturated carbocycles. The van der Waals surface area contributed by atoms with Crippen molar-refractivity contribution in [2.24, 2.45) is 35.5 Å². The fourth-order valence-electron chi connectivity index (χ4n) is 11.2. The molecule has 2 aliphatic carbocycles. The summed E-state index contributed by atoms with van der Waals surface area (Å²) < 4.78 is 43.8. The Balaban J connectivity index is 0.763. The largest absolute Gasteiger partial charge is 0.392 e. The summed E-state index contributed by atoms with van der Waals surface area (Å²) >= 11 is 0. The summed E-state index contributed by atoms with van der Waals surface area (Å²) in [5, 5.41) is 11.4.